The van der Waals surface area contributed by atoms with Crippen LogP contribution in [0, 0.1) is 3.70 Å². The minimum Gasteiger partial charge on any atom is -0.239 e. The van der Waals surface area contributed by atoms with Crippen LogP contribution in [-0.4, -0.2) is 15.0 Å². The van der Waals surface area contributed by atoms with Crippen molar-refractivity contribution in [2.75, 3.05) is 0 Å². The van der Waals surface area contributed by atoms with Crippen LogP contribution in [0.4, 0.5) is 13.2 Å². The monoisotopic (exact) mass is 291 g/mol. The van der Waals surface area contributed by atoms with Gasteiger partial charge >= 0.3 is 6.18 Å². The summed E-state index contributed by atoms with van der Waals surface area (Å²) in [5.41, 5.74) is -0.912. The van der Waals surface area contributed by atoms with Gasteiger partial charge in [-0.15, -0.1) is 5.10 Å². The molecule has 0 N–H and O–H groups in total. The molecule has 3 nitrogen and oxygen atoms in total. The molecule has 7 heteroatoms. The van der Waals surface area contributed by atoms with E-state index in [4.69, 9.17) is 0 Å². The first-order chi connectivity index (χ1) is 5.46. The molecule has 0 atom stereocenters. The molecule has 0 aliphatic rings. The summed E-state index contributed by atoms with van der Waals surface area (Å²) in [5.74, 6) is 0. The SMILES string of the molecule is CCn1nnc(C(F)(F)F)c1I. The highest BCUT2D eigenvalue weighted by atomic mass is 127. The fraction of sp³-hybridized carbons (Fsp3) is 0.600. The van der Waals surface area contributed by atoms with Crippen LogP contribution in [0.15, 0.2) is 0 Å². The summed E-state index contributed by atoms with van der Waals surface area (Å²) >= 11 is 1.58. The Labute approximate surface area is 80.1 Å². The number of aryl methyl sites for hydroxylation is 1. The largest absolute Gasteiger partial charge is 0.437 e. The minimum atomic E-state index is -4.40. The average molecular weight is 291 g/mol. The van der Waals surface area contributed by atoms with Gasteiger partial charge in [-0.3, -0.25) is 0 Å². The molecule has 0 aliphatic carbocycles. The minimum absolute atomic E-state index is 0.0302. The molecule has 0 bridgehead atoms. The molecule has 0 aromatic carbocycles. The molecule has 1 heterocycles. The van der Waals surface area contributed by atoms with E-state index in [1.165, 1.54) is 4.68 Å². The lowest BCUT2D eigenvalue weighted by Crippen LogP contribution is -2.08. The Morgan fingerprint density at radius 2 is 2.08 bits per heavy atom. The number of nitrogens with zero attached hydrogens (tertiary/aromatic N) is 3. The fourth-order valence-corrected chi connectivity index (χ4v) is 1.53. The Kier molecular flexibility index (Phi) is 2.59. The smallest absolute Gasteiger partial charge is 0.239 e. The summed E-state index contributed by atoms with van der Waals surface area (Å²) in [5, 5.41) is 6.38. The van der Waals surface area contributed by atoms with Gasteiger partial charge < -0.3 is 0 Å². The maximum atomic E-state index is 12.1. The van der Waals surface area contributed by atoms with Crippen molar-refractivity contribution in [3.63, 3.8) is 0 Å². The Hall–Kier alpha value is -0.340. The van der Waals surface area contributed by atoms with Crippen molar-refractivity contribution >= 4 is 22.6 Å². The normalized spacial score (nSPS) is 12.1. The molecule has 1 rings (SSSR count). The van der Waals surface area contributed by atoms with Crippen LogP contribution in [-0.2, 0) is 12.7 Å². The number of hydrogen-bond acceptors (Lipinski definition) is 2. The highest BCUT2D eigenvalue weighted by Crippen LogP contribution is 2.30. The van der Waals surface area contributed by atoms with Gasteiger partial charge in [-0.2, -0.15) is 13.2 Å². The molecule has 68 valence electrons. The van der Waals surface area contributed by atoms with Crippen LogP contribution in [0.25, 0.3) is 0 Å². The molecule has 0 amide bonds. The Bertz CT molecular complexity index is 280. The molecular formula is C5H5F3IN3. The van der Waals surface area contributed by atoms with Gasteiger partial charge in [0.05, 0.1) is 0 Å². The highest BCUT2D eigenvalue weighted by molar-refractivity contribution is 14.1. The molecular weight excluding hydrogens is 286 g/mol. The van der Waals surface area contributed by atoms with E-state index >= 15 is 0 Å². The average Bonchev–Trinajstić information content (AvgIpc) is 2.29. The molecule has 1 aromatic rings. The second-order valence-electron chi connectivity index (χ2n) is 2.04. The first kappa shape index (κ1) is 9.75. The van der Waals surface area contributed by atoms with Crippen molar-refractivity contribution in [2.45, 2.75) is 19.6 Å². The first-order valence-corrected chi connectivity index (χ1v) is 4.21. The molecule has 0 spiro atoms. The third kappa shape index (κ3) is 1.70. The summed E-state index contributed by atoms with van der Waals surface area (Å²) < 4.78 is 37.5. The fourth-order valence-electron chi connectivity index (χ4n) is 0.677. The molecule has 0 fully saturated rings. The van der Waals surface area contributed by atoms with Gasteiger partial charge in [0.15, 0.2) is 5.69 Å². The number of aromatic nitrogens is 3. The number of alkyl halides is 3. The lowest BCUT2D eigenvalue weighted by Gasteiger charge is -2.01. The van der Waals surface area contributed by atoms with Crippen LogP contribution < -0.4 is 0 Å². The van der Waals surface area contributed by atoms with Crippen molar-refractivity contribution < 1.29 is 13.2 Å². The van der Waals surface area contributed by atoms with Crippen LogP contribution in [0.1, 0.15) is 12.6 Å². The van der Waals surface area contributed by atoms with Gasteiger partial charge in [-0.05, 0) is 29.5 Å². The lowest BCUT2D eigenvalue weighted by atomic mass is 10.5. The van der Waals surface area contributed by atoms with E-state index in [0.717, 1.165) is 0 Å². The molecule has 0 radical (unpaired) electrons. The van der Waals surface area contributed by atoms with E-state index in [1.54, 1.807) is 29.5 Å². The van der Waals surface area contributed by atoms with Crippen molar-refractivity contribution in [1.29, 1.82) is 0 Å². The van der Waals surface area contributed by atoms with Crippen molar-refractivity contribution in [3.05, 3.63) is 9.39 Å². The van der Waals surface area contributed by atoms with Gasteiger partial charge in [0.1, 0.15) is 3.70 Å². The second kappa shape index (κ2) is 3.19. The number of rotatable bonds is 1. The van der Waals surface area contributed by atoms with Gasteiger partial charge in [-0.1, -0.05) is 5.21 Å². The molecule has 1 aromatic heterocycles. The summed E-state index contributed by atoms with van der Waals surface area (Å²) in [7, 11) is 0. The van der Waals surface area contributed by atoms with Crippen molar-refractivity contribution in [3.8, 4) is 0 Å². The summed E-state index contributed by atoms with van der Waals surface area (Å²) in [4.78, 5) is 0. The molecule has 0 aliphatic heterocycles. The Morgan fingerprint density at radius 1 is 1.50 bits per heavy atom. The Morgan fingerprint density at radius 3 is 2.33 bits per heavy atom. The highest BCUT2D eigenvalue weighted by Gasteiger charge is 2.37. The molecule has 12 heavy (non-hydrogen) atoms. The molecule has 0 saturated heterocycles. The number of hydrogen-bond donors (Lipinski definition) is 0. The van der Waals surface area contributed by atoms with Crippen LogP contribution in [0.3, 0.4) is 0 Å². The third-order valence-electron chi connectivity index (χ3n) is 1.24. The van der Waals surface area contributed by atoms with Gasteiger partial charge in [0.25, 0.3) is 0 Å². The summed E-state index contributed by atoms with van der Waals surface area (Å²) in [6.07, 6.45) is -4.40. The lowest BCUT2D eigenvalue weighted by molar-refractivity contribution is -0.142. The third-order valence-corrected chi connectivity index (χ3v) is 2.31. The van der Waals surface area contributed by atoms with Crippen LogP contribution in [0.2, 0.25) is 0 Å². The number of halogens is 4. The first-order valence-electron chi connectivity index (χ1n) is 3.13. The van der Waals surface area contributed by atoms with E-state index in [0.29, 0.717) is 6.54 Å². The van der Waals surface area contributed by atoms with Gasteiger partial charge in [0.2, 0.25) is 0 Å². The van der Waals surface area contributed by atoms with E-state index < -0.39 is 11.9 Å². The summed E-state index contributed by atoms with van der Waals surface area (Å²) in [6.45, 7) is 2.10. The van der Waals surface area contributed by atoms with E-state index in [2.05, 4.69) is 10.3 Å². The van der Waals surface area contributed by atoms with Crippen molar-refractivity contribution in [1.82, 2.24) is 15.0 Å². The van der Waals surface area contributed by atoms with Crippen LogP contribution in [0.5, 0.6) is 0 Å². The standard InChI is InChI=1S/C5H5F3IN3/c1-2-12-4(9)3(10-11-12)5(6,7)8/h2H2,1H3. The zero-order valence-electron chi connectivity index (χ0n) is 6.06. The molecule has 0 saturated carbocycles. The second-order valence-corrected chi connectivity index (χ2v) is 3.06. The predicted molar refractivity (Wildman–Crippen MR) is 43.4 cm³/mol. The van der Waals surface area contributed by atoms with Gasteiger partial charge in [0, 0.05) is 6.54 Å². The van der Waals surface area contributed by atoms with E-state index in [9.17, 15) is 13.2 Å². The topological polar surface area (TPSA) is 30.7 Å². The zero-order valence-corrected chi connectivity index (χ0v) is 8.22. The predicted octanol–water partition coefficient (Wildman–Crippen LogP) is 1.92. The summed E-state index contributed by atoms with van der Waals surface area (Å²) in [6, 6.07) is 0. The van der Waals surface area contributed by atoms with E-state index in [1.807, 2.05) is 0 Å². The van der Waals surface area contributed by atoms with Crippen molar-refractivity contribution in [2.24, 2.45) is 0 Å². The quantitative estimate of drug-likeness (QED) is 0.740. The molecule has 0 unspecified atom stereocenters. The van der Waals surface area contributed by atoms with Crippen LogP contribution >= 0.6 is 22.6 Å². The van der Waals surface area contributed by atoms with Gasteiger partial charge in [-0.25, -0.2) is 4.68 Å². The Balaban J connectivity index is 3.11. The maximum Gasteiger partial charge on any atom is 0.437 e. The van der Waals surface area contributed by atoms with E-state index in [-0.39, 0.29) is 3.70 Å². The maximum absolute atomic E-state index is 12.1. The zero-order chi connectivity index (χ0) is 9.35.